The number of aryl methyl sites for hydroxylation is 1. The second kappa shape index (κ2) is 7.79. The predicted octanol–water partition coefficient (Wildman–Crippen LogP) is 2.37. The molecule has 0 aliphatic rings. The molecular formula is C15H24N2O2. The van der Waals surface area contributed by atoms with Gasteiger partial charge in [-0.05, 0) is 30.4 Å². The van der Waals surface area contributed by atoms with E-state index in [1.54, 1.807) is 0 Å². The third-order valence-corrected chi connectivity index (χ3v) is 3.10. The molecule has 0 heterocycles. The van der Waals surface area contributed by atoms with Gasteiger partial charge in [-0.1, -0.05) is 38.1 Å². The normalized spacial score (nSPS) is 12.3. The van der Waals surface area contributed by atoms with Crippen molar-refractivity contribution in [3.63, 3.8) is 0 Å². The monoisotopic (exact) mass is 264 g/mol. The molecule has 1 unspecified atom stereocenters. The molecule has 2 amide bonds. The maximum atomic E-state index is 11.8. The van der Waals surface area contributed by atoms with Crippen LogP contribution in [0, 0.1) is 12.8 Å². The fraction of sp³-hybridized carbons (Fsp3) is 0.533. The van der Waals surface area contributed by atoms with Crippen LogP contribution in [-0.4, -0.2) is 24.3 Å². The molecule has 0 radical (unpaired) electrons. The zero-order chi connectivity index (χ0) is 14.3. The minimum Gasteiger partial charge on any atom is -0.396 e. The maximum Gasteiger partial charge on any atom is 0.315 e. The zero-order valence-electron chi connectivity index (χ0n) is 11.9. The molecule has 3 N–H and O–H groups in total. The molecule has 19 heavy (non-hydrogen) atoms. The second-order valence-corrected chi connectivity index (χ2v) is 5.06. The van der Waals surface area contributed by atoms with Crippen LogP contribution in [0.5, 0.6) is 0 Å². The number of urea groups is 1. The Labute approximate surface area is 115 Å². The van der Waals surface area contributed by atoms with Crippen LogP contribution in [0.25, 0.3) is 0 Å². The van der Waals surface area contributed by atoms with E-state index in [2.05, 4.69) is 37.5 Å². The third-order valence-electron chi connectivity index (χ3n) is 3.10. The van der Waals surface area contributed by atoms with E-state index in [9.17, 15) is 4.79 Å². The highest BCUT2D eigenvalue weighted by Crippen LogP contribution is 2.24. The Morgan fingerprint density at radius 3 is 2.58 bits per heavy atom. The van der Waals surface area contributed by atoms with Gasteiger partial charge in [0.15, 0.2) is 0 Å². The number of rotatable bonds is 6. The van der Waals surface area contributed by atoms with Gasteiger partial charge in [0.1, 0.15) is 0 Å². The first-order valence-electron chi connectivity index (χ1n) is 6.77. The van der Waals surface area contributed by atoms with E-state index in [4.69, 9.17) is 5.11 Å². The van der Waals surface area contributed by atoms with Crippen LogP contribution in [0.4, 0.5) is 4.79 Å². The van der Waals surface area contributed by atoms with Gasteiger partial charge in [0.25, 0.3) is 0 Å². The number of benzene rings is 1. The molecule has 0 bridgehead atoms. The van der Waals surface area contributed by atoms with Crippen LogP contribution in [0.2, 0.25) is 0 Å². The van der Waals surface area contributed by atoms with Gasteiger partial charge in [-0.3, -0.25) is 0 Å². The van der Waals surface area contributed by atoms with Crippen molar-refractivity contribution in [3.8, 4) is 0 Å². The number of carbonyl (C=O) groups excluding carboxylic acids is 1. The minimum absolute atomic E-state index is 0.00433. The summed E-state index contributed by atoms with van der Waals surface area (Å²) in [4.78, 5) is 11.8. The second-order valence-electron chi connectivity index (χ2n) is 5.06. The van der Waals surface area contributed by atoms with E-state index < -0.39 is 0 Å². The number of nitrogens with one attached hydrogen (secondary N) is 2. The largest absolute Gasteiger partial charge is 0.396 e. The van der Waals surface area contributed by atoms with Gasteiger partial charge in [-0.15, -0.1) is 0 Å². The van der Waals surface area contributed by atoms with Gasteiger partial charge in [0, 0.05) is 13.2 Å². The van der Waals surface area contributed by atoms with Gasteiger partial charge in [0.2, 0.25) is 0 Å². The summed E-state index contributed by atoms with van der Waals surface area (Å²) >= 11 is 0. The van der Waals surface area contributed by atoms with Crippen LogP contribution < -0.4 is 10.6 Å². The Bertz CT molecular complexity index is 405. The van der Waals surface area contributed by atoms with Crippen molar-refractivity contribution in [3.05, 3.63) is 35.4 Å². The number of carbonyl (C=O) groups is 1. The minimum atomic E-state index is -0.185. The van der Waals surface area contributed by atoms with E-state index in [0.717, 1.165) is 5.56 Å². The Kier molecular flexibility index (Phi) is 6.36. The number of aliphatic hydroxyl groups excluding tert-OH is 1. The molecule has 1 atom stereocenters. The number of hydrogen-bond acceptors (Lipinski definition) is 2. The van der Waals surface area contributed by atoms with Gasteiger partial charge in [0.05, 0.1) is 6.04 Å². The molecule has 106 valence electrons. The van der Waals surface area contributed by atoms with Crippen molar-refractivity contribution in [2.75, 3.05) is 13.2 Å². The van der Waals surface area contributed by atoms with E-state index >= 15 is 0 Å². The van der Waals surface area contributed by atoms with Gasteiger partial charge in [-0.2, -0.15) is 0 Å². The quantitative estimate of drug-likeness (QED) is 0.691. The Morgan fingerprint density at radius 2 is 2.00 bits per heavy atom. The molecule has 0 aromatic heterocycles. The highest BCUT2D eigenvalue weighted by molar-refractivity contribution is 5.74. The van der Waals surface area contributed by atoms with Gasteiger partial charge < -0.3 is 15.7 Å². The lowest BCUT2D eigenvalue weighted by molar-refractivity contribution is 0.230. The highest BCUT2D eigenvalue weighted by Gasteiger charge is 2.19. The summed E-state index contributed by atoms with van der Waals surface area (Å²) in [7, 11) is 0. The summed E-state index contributed by atoms with van der Waals surface area (Å²) in [5, 5.41) is 14.4. The first kappa shape index (κ1) is 15.5. The summed E-state index contributed by atoms with van der Waals surface area (Å²) < 4.78 is 0. The molecule has 0 aliphatic carbocycles. The molecule has 0 saturated heterocycles. The Morgan fingerprint density at radius 1 is 1.32 bits per heavy atom. The molecular weight excluding hydrogens is 240 g/mol. The van der Waals surface area contributed by atoms with Crippen molar-refractivity contribution in [1.82, 2.24) is 10.6 Å². The molecule has 0 aliphatic heterocycles. The molecule has 4 heteroatoms. The van der Waals surface area contributed by atoms with Crippen molar-refractivity contribution >= 4 is 6.03 Å². The van der Waals surface area contributed by atoms with E-state index in [1.165, 1.54) is 5.56 Å². The molecule has 1 aromatic carbocycles. The molecule has 0 saturated carbocycles. The average molecular weight is 264 g/mol. The fourth-order valence-electron chi connectivity index (χ4n) is 2.01. The average Bonchev–Trinajstić information content (AvgIpc) is 2.37. The van der Waals surface area contributed by atoms with Crippen molar-refractivity contribution in [2.24, 2.45) is 5.92 Å². The third kappa shape index (κ3) is 4.91. The standard InChI is InChI=1S/C15H24N2O2/c1-11(2)14(13-8-5-4-7-12(13)3)17-15(19)16-9-6-10-18/h4-5,7-8,11,14,18H,6,9-10H2,1-3H3,(H2,16,17,19). The molecule has 1 rings (SSSR count). The molecule has 4 nitrogen and oxygen atoms in total. The summed E-state index contributed by atoms with van der Waals surface area (Å²) in [5.41, 5.74) is 2.33. The van der Waals surface area contributed by atoms with Gasteiger partial charge in [-0.25, -0.2) is 4.79 Å². The lowest BCUT2D eigenvalue weighted by Gasteiger charge is -2.24. The number of aliphatic hydroxyl groups is 1. The van der Waals surface area contributed by atoms with Gasteiger partial charge >= 0.3 is 6.03 Å². The summed E-state index contributed by atoms with van der Waals surface area (Å²) in [6.07, 6.45) is 0.574. The summed E-state index contributed by atoms with van der Waals surface area (Å²) in [6, 6.07) is 7.90. The zero-order valence-corrected chi connectivity index (χ0v) is 11.9. The summed E-state index contributed by atoms with van der Waals surface area (Å²) in [6.45, 7) is 6.80. The number of hydrogen-bond donors (Lipinski definition) is 3. The predicted molar refractivity (Wildman–Crippen MR) is 77.0 cm³/mol. The van der Waals surface area contributed by atoms with Crippen LogP contribution in [-0.2, 0) is 0 Å². The van der Waals surface area contributed by atoms with Crippen LogP contribution in [0.1, 0.15) is 37.4 Å². The van der Waals surface area contributed by atoms with E-state index in [1.807, 2.05) is 18.2 Å². The van der Waals surface area contributed by atoms with Crippen molar-refractivity contribution in [2.45, 2.75) is 33.2 Å². The van der Waals surface area contributed by atoms with Crippen LogP contribution in [0.3, 0.4) is 0 Å². The summed E-state index contributed by atoms with van der Waals surface area (Å²) in [5.74, 6) is 0.310. The van der Waals surface area contributed by atoms with E-state index in [0.29, 0.717) is 18.9 Å². The van der Waals surface area contributed by atoms with E-state index in [-0.39, 0.29) is 18.7 Å². The maximum absolute atomic E-state index is 11.8. The Balaban J connectivity index is 2.69. The first-order chi connectivity index (χ1) is 9.06. The smallest absolute Gasteiger partial charge is 0.315 e. The van der Waals surface area contributed by atoms with Crippen LogP contribution >= 0.6 is 0 Å². The Hall–Kier alpha value is -1.55. The topological polar surface area (TPSA) is 61.4 Å². The lowest BCUT2D eigenvalue weighted by atomic mass is 9.93. The van der Waals surface area contributed by atoms with Crippen molar-refractivity contribution in [1.29, 1.82) is 0 Å². The molecule has 0 spiro atoms. The van der Waals surface area contributed by atoms with Crippen LogP contribution in [0.15, 0.2) is 24.3 Å². The highest BCUT2D eigenvalue weighted by atomic mass is 16.3. The molecule has 1 aromatic rings. The first-order valence-corrected chi connectivity index (χ1v) is 6.77. The number of amides is 2. The fourth-order valence-corrected chi connectivity index (χ4v) is 2.01. The SMILES string of the molecule is Cc1ccccc1C(NC(=O)NCCCO)C(C)C. The van der Waals surface area contributed by atoms with Crippen molar-refractivity contribution < 1.29 is 9.90 Å². The molecule has 0 fully saturated rings. The lowest BCUT2D eigenvalue weighted by Crippen LogP contribution is -2.40.